The van der Waals surface area contributed by atoms with Crippen LogP contribution in [0.1, 0.15) is 27.2 Å². The summed E-state index contributed by atoms with van der Waals surface area (Å²) >= 11 is 0. The highest BCUT2D eigenvalue weighted by Gasteiger charge is 1.89. The van der Waals surface area contributed by atoms with E-state index in [1.54, 1.807) is 0 Å². The Morgan fingerprint density at radius 3 is 2.23 bits per heavy atom. The molecule has 0 aliphatic carbocycles. The second kappa shape index (κ2) is 11.2. The van der Waals surface area contributed by atoms with Crippen molar-refractivity contribution in [1.29, 1.82) is 0 Å². The summed E-state index contributed by atoms with van der Waals surface area (Å²) in [5, 5.41) is 9.63. The van der Waals surface area contributed by atoms with Gasteiger partial charge in [0, 0.05) is 6.08 Å². The van der Waals surface area contributed by atoms with E-state index in [1.165, 1.54) is 0 Å². The highest BCUT2D eigenvalue weighted by atomic mass is 16.5. The smallest absolute Gasteiger partial charge is 0.330 e. The van der Waals surface area contributed by atoms with Crippen LogP contribution in [-0.2, 0) is 14.6 Å². The molecule has 77 valence electrons. The summed E-state index contributed by atoms with van der Waals surface area (Å²) in [7, 11) is 0. The minimum Gasteiger partial charge on any atom is -0.463 e. The number of ether oxygens (including phenoxy) is 1. The van der Waals surface area contributed by atoms with Gasteiger partial charge < -0.3 is 4.74 Å². The second-order valence-corrected chi connectivity index (χ2v) is 2.93. The summed E-state index contributed by atoms with van der Waals surface area (Å²) < 4.78 is 4.58. The Hall–Kier alpha value is -0.830. The summed E-state index contributed by atoms with van der Waals surface area (Å²) in [6.45, 7) is 9.55. The zero-order valence-corrected chi connectivity index (χ0v) is 8.71. The normalized spacial score (nSPS) is 8.69. The summed E-state index contributed by atoms with van der Waals surface area (Å²) in [6, 6.07) is 0. The Balaban J connectivity index is 0. The summed E-state index contributed by atoms with van der Waals surface area (Å²) in [6.07, 6.45) is 2.02. The fraction of sp³-hybridized carbons (Fsp3) is 0.700. The first-order valence-corrected chi connectivity index (χ1v) is 4.45. The molecule has 0 aromatic carbocycles. The predicted octanol–water partition coefficient (Wildman–Crippen LogP) is 2.20. The van der Waals surface area contributed by atoms with Crippen LogP contribution in [0.5, 0.6) is 0 Å². The average Bonchev–Trinajstić information content (AvgIpc) is 2.15. The molecule has 13 heavy (non-hydrogen) atoms. The van der Waals surface area contributed by atoms with E-state index in [1.807, 2.05) is 20.8 Å². The van der Waals surface area contributed by atoms with Crippen LogP contribution >= 0.6 is 0 Å². The third-order valence-electron chi connectivity index (χ3n) is 0.948. The van der Waals surface area contributed by atoms with Crippen molar-refractivity contribution in [1.82, 2.24) is 0 Å². The Labute approximate surface area is 80.4 Å². The van der Waals surface area contributed by atoms with Crippen LogP contribution in [-0.4, -0.2) is 19.2 Å². The van der Waals surface area contributed by atoms with Gasteiger partial charge in [-0.25, -0.2) is 9.90 Å². The molecule has 0 heterocycles. The van der Waals surface area contributed by atoms with Crippen molar-refractivity contribution in [2.75, 3.05) is 13.2 Å². The maximum absolute atomic E-state index is 10.2. The van der Waals surface area contributed by atoms with E-state index in [0.29, 0.717) is 12.5 Å². The van der Waals surface area contributed by atoms with E-state index in [4.69, 9.17) is 0 Å². The molecule has 0 fully saturated rings. The fourth-order valence-electron chi connectivity index (χ4n) is 0.262. The highest BCUT2D eigenvalue weighted by Crippen LogP contribution is 1.84. The van der Waals surface area contributed by atoms with Crippen LogP contribution in [0.15, 0.2) is 12.7 Å². The molecule has 0 atom stereocenters. The van der Waals surface area contributed by atoms with Crippen molar-refractivity contribution >= 4 is 5.97 Å². The van der Waals surface area contributed by atoms with E-state index >= 15 is 0 Å². The Morgan fingerprint density at radius 1 is 1.54 bits per heavy atom. The van der Waals surface area contributed by atoms with E-state index in [9.17, 15) is 9.90 Å². The molecular weight excluding hydrogens is 168 g/mol. The second-order valence-electron chi connectivity index (χ2n) is 2.93. The van der Waals surface area contributed by atoms with Gasteiger partial charge in [0.05, 0.1) is 13.2 Å². The lowest BCUT2D eigenvalue weighted by Gasteiger charge is -1.94. The zero-order chi connectivity index (χ0) is 10.7. The van der Waals surface area contributed by atoms with Crippen LogP contribution in [0.3, 0.4) is 0 Å². The molecule has 0 aliphatic rings. The van der Waals surface area contributed by atoms with Gasteiger partial charge in [0.1, 0.15) is 0 Å². The molecule has 0 spiro atoms. The molecule has 0 aromatic rings. The van der Waals surface area contributed by atoms with Crippen LogP contribution in [0, 0.1) is 5.92 Å². The van der Waals surface area contributed by atoms with Crippen LogP contribution < -0.4 is 0 Å². The number of hydrogen-bond donors (Lipinski definition) is 0. The maximum Gasteiger partial charge on any atom is 0.330 e. The third-order valence-corrected chi connectivity index (χ3v) is 0.948. The number of esters is 1. The molecular formula is C10H19O3. The van der Waals surface area contributed by atoms with Crippen molar-refractivity contribution in [3.8, 4) is 0 Å². The Kier molecular flexibility index (Phi) is 12.6. The van der Waals surface area contributed by atoms with E-state index in [0.717, 1.165) is 12.5 Å². The van der Waals surface area contributed by atoms with Crippen molar-refractivity contribution in [3.63, 3.8) is 0 Å². The summed E-state index contributed by atoms with van der Waals surface area (Å²) in [5.74, 6) is -0.0122. The van der Waals surface area contributed by atoms with Crippen molar-refractivity contribution in [2.45, 2.75) is 27.2 Å². The number of hydrogen-bond acceptors (Lipinski definition) is 2. The average molecular weight is 187 g/mol. The number of carbonyl (C=O) groups is 1. The molecule has 0 amide bonds. The van der Waals surface area contributed by atoms with Crippen molar-refractivity contribution < 1.29 is 14.6 Å². The largest absolute Gasteiger partial charge is 0.463 e. The van der Waals surface area contributed by atoms with Gasteiger partial charge in [-0.2, -0.15) is 0 Å². The molecule has 0 bridgehead atoms. The van der Waals surface area contributed by atoms with E-state index in [2.05, 4.69) is 11.3 Å². The molecule has 0 rings (SSSR count). The fourth-order valence-corrected chi connectivity index (χ4v) is 0.262. The molecule has 0 N–H and O–H groups in total. The summed E-state index contributed by atoms with van der Waals surface area (Å²) in [5.41, 5.74) is 0. The molecule has 0 saturated heterocycles. The first kappa shape index (κ1) is 14.7. The van der Waals surface area contributed by atoms with Crippen LogP contribution in [0.2, 0.25) is 0 Å². The lowest BCUT2D eigenvalue weighted by Crippen LogP contribution is -1.99. The maximum atomic E-state index is 10.2. The minimum atomic E-state index is -0.341. The van der Waals surface area contributed by atoms with Gasteiger partial charge in [-0.1, -0.05) is 27.4 Å². The lowest BCUT2D eigenvalue weighted by molar-refractivity contribution is -0.137. The van der Waals surface area contributed by atoms with E-state index < -0.39 is 0 Å². The van der Waals surface area contributed by atoms with Gasteiger partial charge >= 0.3 is 5.97 Å². The molecule has 0 saturated carbocycles. The van der Waals surface area contributed by atoms with Crippen molar-refractivity contribution in [3.05, 3.63) is 12.7 Å². The Bertz CT molecular complexity index is 130. The number of carbonyl (C=O) groups excluding carboxylic acids is 1. The molecule has 3 heteroatoms. The van der Waals surface area contributed by atoms with Gasteiger partial charge in [-0.15, -0.1) is 0 Å². The predicted molar refractivity (Wildman–Crippen MR) is 51.8 cm³/mol. The summed E-state index contributed by atoms with van der Waals surface area (Å²) in [4.78, 5) is 10.2. The molecule has 0 unspecified atom stereocenters. The first-order chi connectivity index (χ1) is 6.08. The van der Waals surface area contributed by atoms with E-state index in [-0.39, 0.29) is 12.6 Å². The topological polar surface area (TPSA) is 46.2 Å². The molecule has 0 aromatic heterocycles. The third kappa shape index (κ3) is 18.3. The molecule has 3 nitrogen and oxygen atoms in total. The SMILES string of the molecule is C=CC(=O)OCCC.CC(C)C[O]. The van der Waals surface area contributed by atoms with Crippen LogP contribution in [0.4, 0.5) is 0 Å². The lowest BCUT2D eigenvalue weighted by atomic mass is 10.2. The minimum absolute atomic E-state index is 0.0556. The zero-order valence-electron chi connectivity index (χ0n) is 8.71. The molecule has 0 aliphatic heterocycles. The first-order valence-electron chi connectivity index (χ1n) is 4.45. The monoisotopic (exact) mass is 187 g/mol. The number of rotatable bonds is 4. The van der Waals surface area contributed by atoms with Gasteiger partial charge in [-0.05, 0) is 12.3 Å². The quantitative estimate of drug-likeness (QED) is 0.500. The molecule has 1 radical (unpaired) electrons. The van der Waals surface area contributed by atoms with Gasteiger partial charge in [0.15, 0.2) is 0 Å². The Morgan fingerprint density at radius 2 is 2.00 bits per heavy atom. The van der Waals surface area contributed by atoms with Crippen molar-refractivity contribution in [2.24, 2.45) is 5.92 Å². The standard InChI is InChI=1S/C6H10O2.C4H9O/c1-3-5-8-6(7)4-2;1-4(2)3-5/h4H,2-3,5H2,1H3;4H,3H2,1-2H3. The van der Waals surface area contributed by atoms with Gasteiger partial charge in [0.25, 0.3) is 0 Å². The highest BCUT2D eigenvalue weighted by molar-refractivity contribution is 5.81. The van der Waals surface area contributed by atoms with Crippen LogP contribution in [0.25, 0.3) is 0 Å². The van der Waals surface area contributed by atoms with Gasteiger partial charge in [-0.3, -0.25) is 0 Å². The van der Waals surface area contributed by atoms with Gasteiger partial charge in [0.2, 0.25) is 0 Å².